The van der Waals surface area contributed by atoms with Crippen molar-refractivity contribution in [2.75, 3.05) is 12.0 Å². The molecule has 30 heavy (non-hydrogen) atoms. The Morgan fingerprint density at radius 1 is 1.10 bits per heavy atom. The number of benzene rings is 2. The van der Waals surface area contributed by atoms with E-state index in [2.05, 4.69) is 17.0 Å². The summed E-state index contributed by atoms with van der Waals surface area (Å²) in [7, 11) is 0. The summed E-state index contributed by atoms with van der Waals surface area (Å²) in [5, 5.41) is 12.7. The SMILES string of the molecule is C=NC(=O)N(C(=O)N(CNc1ccc(C(=O)O)cc1)Cc1ccc(Cl)cc1)C(C)C. The number of carbonyl (C=O) groups is 3. The number of nitrogens with zero attached hydrogens (tertiary/aromatic N) is 3. The quantitative estimate of drug-likeness (QED) is 0.495. The number of halogens is 1. The molecule has 0 heterocycles. The molecule has 8 nitrogen and oxygen atoms in total. The minimum atomic E-state index is -1.02. The highest BCUT2D eigenvalue weighted by molar-refractivity contribution is 6.30. The van der Waals surface area contributed by atoms with Gasteiger partial charge in [0.2, 0.25) is 0 Å². The molecule has 0 bridgehead atoms. The molecule has 2 aromatic rings. The molecule has 0 saturated carbocycles. The van der Waals surface area contributed by atoms with Gasteiger partial charge in [-0.3, -0.25) is 0 Å². The zero-order chi connectivity index (χ0) is 22.3. The third-order valence-electron chi connectivity index (χ3n) is 4.23. The van der Waals surface area contributed by atoms with Crippen LogP contribution in [0.3, 0.4) is 0 Å². The third-order valence-corrected chi connectivity index (χ3v) is 4.48. The van der Waals surface area contributed by atoms with Crippen LogP contribution >= 0.6 is 11.6 Å². The highest BCUT2D eigenvalue weighted by Gasteiger charge is 2.28. The summed E-state index contributed by atoms with van der Waals surface area (Å²) in [6.07, 6.45) is 0. The van der Waals surface area contributed by atoms with Crippen molar-refractivity contribution in [3.05, 3.63) is 64.7 Å². The largest absolute Gasteiger partial charge is 0.478 e. The maximum atomic E-state index is 13.1. The van der Waals surface area contributed by atoms with E-state index in [9.17, 15) is 14.4 Å². The molecule has 0 unspecified atom stereocenters. The Balaban J connectivity index is 2.24. The van der Waals surface area contributed by atoms with Crippen molar-refractivity contribution >= 4 is 42.0 Å². The molecule has 0 atom stereocenters. The first-order valence-electron chi connectivity index (χ1n) is 9.13. The zero-order valence-electron chi connectivity index (χ0n) is 16.7. The van der Waals surface area contributed by atoms with Gasteiger partial charge in [-0.25, -0.2) is 24.3 Å². The number of imide groups is 1. The van der Waals surface area contributed by atoms with Crippen LogP contribution in [0.5, 0.6) is 0 Å². The van der Waals surface area contributed by atoms with Crippen molar-refractivity contribution in [2.24, 2.45) is 4.99 Å². The minimum absolute atomic E-state index is 0.0710. The number of carboxylic acid groups (broad SMARTS) is 1. The summed E-state index contributed by atoms with van der Waals surface area (Å²) in [4.78, 5) is 42.1. The number of nitrogens with one attached hydrogen (secondary N) is 1. The van der Waals surface area contributed by atoms with Crippen molar-refractivity contribution in [1.82, 2.24) is 9.80 Å². The van der Waals surface area contributed by atoms with Crippen LogP contribution in [0.25, 0.3) is 0 Å². The van der Waals surface area contributed by atoms with Crippen LogP contribution in [0.4, 0.5) is 15.3 Å². The number of amides is 4. The number of anilines is 1. The summed E-state index contributed by atoms with van der Waals surface area (Å²) < 4.78 is 0. The lowest BCUT2D eigenvalue weighted by Gasteiger charge is -2.31. The lowest BCUT2D eigenvalue weighted by Crippen LogP contribution is -2.49. The van der Waals surface area contributed by atoms with Crippen LogP contribution in [0, 0.1) is 0 Å². The number of hydrogen-bond acceptors (Lipinski definition) is 4. The van der Waals surface area contributed by atoms with E-state index in [4.69, 9.17) is 16.7 Å². The summed E-state index contributed by atoms with van der Waals surface area (Å²) in [5.41, 5.74) is 1.60. The van der Waals surface area contributed by atoms with Gasteiger partial charge in [0.05, 0.1) is 12.2 Å². The summed E-state index contributed by atoms with van der Waals surface area (Å²) in [6.45, 7) is 6.92. The molecule has 0 aliphatic heterocycles. The smallest absolute Gasteiger partial charge is 0.351 e. The number of hydrogen-bond donors (Lipinski definition) is 2. The Kier molecular flexibility index (Phi) is 7.94. The van der Waals surface area contributed by atoms with Crippen LogP contribution < -0.4 is 5.32 Å². The van der Waals surface area contributed by atoms with E-state index in [0.717, 1.165) is 10.5 Å². The molecule has 4 amide bonds. The van der Waals surface area contributed by atoms with Crippen LogP contribution in [-0.4, -0.2) is 52.4 Å². The van der Waals surface area contributed by atoms with E-state index < -0.39 is 24.1 Å². The molecule has 0 aliphatic carbocycles. The number of carboxylic acids is 1. The second kappa shape index (κ2) is 10.4. The molecule has 2 N–H and O–H groups in total. The molecule has 2 aromatic carbocycles. The topological polar surface area (TPSA) is 102 Å². The van der Waals surface area contributed by atoms with Gasteiger partial charge in [-0.05, 0) is 62.5 Å². The van der Waals surface area contributed by atoms with Crippen LogP contribution in [0.1, 0.15) is 29.8 Å². The van der Waals surface area contributed by atoms with Gasteiger partial charge in [0.25, 0.3) is 0 Å². The number of aromatic carboxylic acids is 1. The average Bonchev–Trinajstić information content (AvgIpc) is 2.72. The van der Waals surface area contributed by atoms with Gasteiger partial charge in [0.1, 0.15) is 0 Å². The van der Waals surface area contributed by atoms with Gasteiger partial charge < -0.3 is 15.3 Å². The van der Waals surface area contributed by atoms with Gasteiger partial charge in [0, 0.05) is 23.3 Å². The maximum Gasteiger partial charge on any atom is 0.351 e. The molecule has 158 valence electrons. The summed E-state index contributed by atoms with van der Waals surface area (Å²) in [5.74, 6) is -1.02. The first-order chi connectivity index (χ1) is 14.2. The van der Waals surface area contributed by atoms with Crippen LogP contribution in [-0.2, 0) is 6.54 Å². The average molecular weight is 431 g/mol. The molecule has 0 aliphatic rings. The van der Waals surface area contributed by atoms with Gasteiger partial charge >= 0.3 is 18.0 Å². The number of aliphatic imine (C=N–C) groups is 1. The molecule has 0 saturated heterocycles. The van der Waals surface area contributed by atoms with Gasteiger partial charge in [-0.1, -0.05) is 23.7 Å². The monoisotopic (exact) mass is 430 g/mol. The lowest BCUT2D eigenvalue weighted by molar-refractivity contribution is 0.0696. The van der Waals surface area contributed by atoms with E-state index in [1.807, 2.05) is 0 Å². The second-order valence-corrected chi connectivity index (χ2v) is 7.17. The third kappa shape index (κ3) is 6.05. The summed E-state index contributed by atoms with van der Waals surface area (Å²) >= 11 is 5.93. The Morgan fingerprint density at radius 2 is 1.70 bits per heavy atom. The highest BCUT2D eigenvalue weighted by Crippen LogP contribution is 2.16. The fourth-order valence-electron chi connectivity index (χ4n) is 2.67. The molecular formula is C21H23ClN4O4. The molecule has 0 spiro atoms. The van der Waals surface area contributed by atoms with E-state index in [-0.39, 0.29) is 18.8 Å². The van der Waals surface area contributed by atoms with Crippen molar-refractivity contribution < 1.29 is 19.5 Å². The van der Waals surface area contributed by atoms with E-state index in [1.165, 1.54) is 17.0 Å². The number of urea groups is 2. The number of rotatable bonds is 7. The van der Waals surface area contributed by atoms with E-state index >= 15 is 0 Å². The Bertz CT molecular complexity index is 914. The lowest BCUT2D eigenvalue weighted by atomic mass is 10.2. The molecule has 9 heteroatoms. The molecule has 0 fully saturated rings. The first kappa shape index (κ1) is 22.9. The van der Waals surface area contributed by atoms with E-state index in [0.29, 0.717) is 10.7 Å². The van der Waals surface area contributed by atoms with Crippen molar-refractivity contribution in [3.63, 3.8) is 0 Å². The van der Waals surface area contributed by atoms with Crippen molar-refractivity contribution in [3.8, 4) is 0 Å². The predicted molar refractivity (Wildman–Crippen MR) is 116 cm³/mol. The maximum absolute atomic E-state index is 13.1. The predicted octanol–water partition coefficient (Wildman–Crippen LogP) is 4.56. The Hall–Kier alpha value is -3.39. The van der Waals surface area contributed by atoms with Crippen molar-refractivity contribution in [2.45, 2.75) is 26.4 Å². The normalized spacial score (nSPS) is 10.4. The van der Waals surface area contributed by atoms with Gasteiger partial charge in [-0.2, -0.15) is 0 Å². The van der Waals surface area contributed by atoms with Crippen molar-refractivity contribution in [1.29, 1.82) is 0 Å². The first-order valence-corrected chi connectivity index (χ1v) is 9.51. The fraction of sp³-hybridized carbons (Fsp3) is 0.238. The van der Waals surface area contributed by atoms with Crippen LogP contribution in [0.2, 0.25) is 5.02 Å². The summed E-state index contributed by atoms with van der Waals surface area (Å²) in [6, 6.07) is 11.4. The molecule has 2 rings (SSSR count). The number of carbonyl (C=O) groups excluding carboxylic acids is 2. The molecular weight excluding hydrogens is 408 g/mol. The fourth-order valence-corrected chi connectivity index (χ4v) is 2.80. The van der Waals surface area contributed by atoms with E-state index in [1.54, 1.807) is 50.2 Å². The van der Waals surface area contributed by atoms with Gasteiger partial charge in [-0.15, -0.1) is 0 Å². The molecule has 0 radical (unpaired) electrons. The zero-order valence-corrected chi connectivity index (χ0v) is 17.5. The highest BCUT2D eigenvalue weighted by atomic mass is 35.5. The van der Waals surface area contributed by atoms with Gasteiger partial charge in [0.15, 0.2) is 0 Å². The second-order valence-electron chi connectivity index (χ2n) is 6.73. The Morgan fingerprint density at radius 3 is 2.20 bits per heavy atom. The Labute approximate surface area is 179 Å². The minimum Gasteiger partial charge on any atom is -0.478 e. The van der Waals surface area contributed by atoms with Crippen LogP contribution in [0.15, 0.2) is 53.5 Å². The molecule has 0 aromatic heterocycles. The standard InChI is InChI=1S/C21H23ClN4O4/c1-14(2)26(20(29)23-3)21(30)25(12-15-4-8-17(22)9-5-15)13-24-18-10-6-16(7-11-18)19(27)28/h4-11,14,24H,3,12-13H2,1-2H3,(H,27,28).